The van der Waals surface area contributed by atoms with Crippen molar-refractivity contribution < 1.29 is 17.6 Å². The molecule has 0 bridgehead atoms. The molecule has 1 heterocycles. The highest BCUT2D eigenvalue weighted by Crippen LogP contribution is 2.28. The number of anilines is 2. The van der Waals surface area contributed by atoms with E-state index in [1.807, 2.05) is 30.3 Å². The average Bonchev–Trinajstić information content (AvgIpc) is 3.15. The lowest BCUT2D eigenvalue weighted by molar-refractivity contribution is -0.117. The molecule has 3 rings (SSSR count). The maximum atomic E-state index is 14.3. The third-order valence-corrected chi connectivity index (χ3v) is 6.15. The van der Waals surface area contributed by atoms with Gasteiger partial charge in [0.1, 0.15) is 16.9 Å². The summed E-state index contributed by atoms with van der Waals surface area (Å²) >= 11 is 1.16. The zero-order valence-electron chi connectivity index (χ0n) is 15.7. The predicted molar refractivity (Wildman–Crippen MR) is 112 cm³/mol. The summed E-state index contributed by atoms with van der Waals surface area (Å²) in [5, 5.41) is 11.5. The molecular formula is C19H19FN4O3S2. The summed E-state index contributed by atoms with van der Waals surface area (Å²) in [6.45, 7) is 1.65. The molecule has 2 aromatic carbocycles. The number of rotatable bonds is 7. The van der Waals surface area contributed by atoms with E-state index >= 15 is 0 Å². The van der Waals surface area contributed by atoms with Crippen LogP contribution in [0.15, 0.2) is 54.6 Å². The van der Waals surface area contributed by atoms with Crippen LogP contribution in [0.5, 0.6) is 0 Å². The van der Waals surface area contributed by atoms with Crippen LogP contribution >= 0.6 is 11.3 Å². The lowest BCUT2D eigenvalue weighted by Gasteiger charge is -2.29. The maximum absolute atomic E-state index is 14.3. The van der Waals surface area contributed by atoms with Crippen molar-refractivity contribution in [3.05, 3.63) is 60.4 Å². The molecule has 0 aliphatic heterocycles. The fourth-order valence-electron chi connectivity index (χ4n) is 2.83. The van der Waals surface area contributed by atoms with Gasteiger partial charge in [0, 0.05) is 5.56 Å². The number of aromatic nitrogens is 2. The quantitative estimate of drug-likeness (QED) is 0.614. The largest absolute Gasteiger partial charge is 0.299 e. The molecule has 3 aromatic rings. The van der Waals surface area contributed by atoms with Gasteiger partial charge in [-0.2, -0.15) is 0 Å². The van der Waals surface area contributed by atoms with Gasteiger partial charge in [0.15, 0.2) is 0 Å². The van der Waals surface area contributed by atoms with Crippen molar-refractivity contribution in [3.63, 3.8) is 0 Å². The first-order valence-electron chi connectivity index (χ1n) is 8.75. The van der Waals surface area contributed by atoms with Crippen LogP contribution in [0, 0.1) is 5.82 Å². The van der Waals surface area contributed by atoms with Gasteiger partial charge in [0.2, 0.25) is 21.1 Å². The lowest BCUT2D eigenvalue weighted by Crippen LogP contribution is -2.47. The number of sulfonamides is 1. The number of nitrogens with zero attached hydrogens (tertiary/aromatic N) is 3. The Morgan fingerprint density at radius 1 is 1.14 bits per heavy atom. The molecule has 10 heteroatoms. The molecule has 0 unspecified atom stereocenters. The number of benzene rings is 2. The predicted octanol–water partition coefficient (Wildman–Crippen LogP) is 3.53. The fourth-order valence-corrected chi connectivity index (χ4v) is 4.79. The molecule has 1 amide bonds. The van der Waals surface area contributed by atoms with E-state index in [-0.39, 0.29) is 17.2 Å². The van der Waals surface area contributed by atoms with Gasteiger partial charge in [-0.15, -0.1) is 10.2 Å². The highest BCUT2D eigenvalue weighted by Gasteiger charge is 2.33. The molecule has 0 saturated carbocycles. The van der Waals surface area contributed by atoms with E-state index in [1.165, 1.54) is 18.2 Å². The van der Waals surface area contributed by atoms with Crippen molar-refractivity contribution in [1.82, 2.24) is 10.2 Å². The number of halogens is 1. The Balaban J connectivity index is 1.88. The molecule has 7 nitrogen and oxygen atoms in total. The maximum Gasteiger partial charge on any atom is 0.250 e. The van der Waals surface area contributed by atoms with Gasteiger partial charge in [-0.1, -0.05) is 60.7 Å². The molecule has 1 aromatic heterocycles. The molecule has 1 N–H and O–H groups in total. The summed E-state index contributed by atoms with van der Waals surface area (Å²) in [5.74, 6) is -1.34. The van der Waals surface area contributed by atoms with Crippen LogP contribution in [0.25, 0.3) is 10.6 Å². The molecule has 0 saturated heterocycles. The second kappa shape index (κ2) is 8.66. The van der Waals surface area contributed by atoms with Crippen molar-refractivity contribution in [2.24, 2.45) is 0 Å². The van der Waals surface area contributed by atoms with Crippen LogP contribution in [-0.2, 0) is 14.8 Å². The Hall–Kier alpha value is -2.85. The van der Waals surface area contributed by atoms with Gasteiger partial charge in [0.25, 0.3) is 0 Å². The van der Waals surface area contributed by atoms with E-state index in [0.717, 1.165) is 33.5 Å². The minimum atomic E-state index is -3.93. The minimum Gasteiger partial charge on any atom is -0.299 e. The highest BCUT2D eigenvalue weighted by molar-refractivity contribution is 7.92. The topological polar surface area (TPSA) is 92.3 Å². The van der Waals surface area contributed by atoms with Gasteiger partial charge in [-0.3, -0.25) is 14.4 Å². The van der Waals surface area contributed by atoms with Crippen LogP contribution in [0.1, 0.15) is 13.3 Å². The third kappa shape index (κ3) is 4.77. The van der Waals surface area contributed by atoms with Crippen molar-refractivity contribution >= 4 is 38.1 Å². The van der Waals surface area contributed by atoms with E-state index in [4.69, 9.17) is 0 Å². The molecule has 0 spiro atoms. The monoisotopic (exact) mass is 434 g/mol. The Bertz CT molecular complexity index is 1100. The van der Waals surface area contributed by atoms with Crippen molar-refractivity contribution in [1.29, 1.82) is 0 Å². The average molecular weight is 435 g/mol. The number of para-hydroxylation sites is 1. The van der Waals surface area contributed by atoms with Gasteiger partial charge in [-0.25, -0.2) is 12.8 Å². The summed E-state index contributed by atoms with van der Waals surface area (Å²) in [6, 6.07) is 13.6. The highest BCUT2D eigenvalue weighted by atomic mass is 32.2. The molecule has 152 valence electrons. The third-order valence-electron chi connectivity index (χ3n) is 4.10. The number of amides is 1. The molecule has 0 aliphatic rings. The van der Waals surface area contributed by atoms with Gasteiger partial charge in [0.05, 0.1) is 11.9 Å². The van der Waals surface area contributed by atoms with Gasteiger partial charge < -0.3 is 0 Å². The molecule has 0 radical (unpaired) electrons. The van der Waals surface area contributed by atoms with E-state index in [0.29, 0.717) is 5.01 Å². The van der Waals surface area contributed by atoms with Crippen molar-refractivity contribution in [2.45, 2.75) is 19.4 Å². The second-order valence-corrected chi connectivity index (χ2v) is 9.04. The van der Waals surface area contributed by atoms with E-state index in [9.17, 15) is 17.6 Å². The first kappa shape index (κ1) is 20.9. The molecular weight excluding hydrogens is 415 g/mol. The zero-order valence-corrected chi connectivity index (χ0v) is 17.4. The number of hydrogen-bond donors (Lipinski definition) is 1. The SMILES string of the molecule is CC[C@H](C(=O)Nc1nnc(-c2ccccc2)s1)N(c1ccccc1F)S(C)(=O)=O. The number of carbonyl (C=O) groups excluding carboxylic acids is 1. The van der Waals surface area contributed by atoms with Crippen LogP contribution in [0.2, 0.25) is 0 Å². The summed E-state index contributed by atoms with van der Waals surface area (Å²) in [6.07, 6.45) is 1.07. The normalized spacial score (nSPS) is 12.4. The van der Waals surface area contributed by atoms with Crippen molar-refractivity contribution in [2.75, 3.05) is 15.9 Å². The molecule has 0 aliphatic carbocycles. The molecule has 0 fully saturated rings. The minimum absolute atomic E-state index is 0.136. The second-order valence-electron chi connectivity index (χ2n) is 6.20. The Morgan fingerprint density at radius 3 is 2.41 bits per heavy atom. The zero-order chi connectivity index (χ0) is 21.0. The Labute approximate surface area is 172 Å². The Kier molecular flexibility index (Phi) is 6.23. The van der Waals surface area contributed by atoms with Gasteiger partial charge in [-0.05, 0) is 18.6 Å². The Morgan fingerprint density at radius 2 is 1.79 bits per heavy atom. The lowest BCUT2D eigenvalue weighted by atomic mass is 10.2. The molecule has 1 atom stereocenters. The fraction of sp³-hybridized carbons (Fsp3) is 0.211. The van der Waals surface area contributed by atoms with Crippen LogP contribution < -0.4 is 9.62 Å². The van der Waals surface area contributed by atoms with Crippen LogP contribution in [0.3, 0.4) is 0 Å². The number of hydrogen-bond acceptors (Lipinski definition) is 6. The van der Waals surface area contributed by atoms with Gasteiger partial charge >= 0.3 is 0 Å². The van der Waals surface area contributed by atoms with E-state index in [2.05, 4.69) is 15.5 Å². The number of nitrogens with one attached hydrogen (secondary N) is 1. The van der Waals surface area contributed by atoms with Crippen LogP contribution in [-0.4, -0.2) is 36.8 Å². The summed E-state index contributed by atoms with van der Waals surface area (Å²) in [4.78, 5) is 12.9. The van der Waals surface area contributed by atoms with Crippen molar-refractivity contribution in [3.8, 4) is 10.6 Å². The van der Waals surface area contributed by atoms with E-state index < -0.39 is 27.8 Å². The standard InChI is InChI=1S/C19H19FN4O3S2/c1-3-15(24(29(2,26)27)16-12-8-7-11-14(16)20)17(25)21-19-23-22-18(28-19)13-9-5-4-6-10-13/h4-12,15H,3H2,1-2H3,(H,21,23,25)/t15-/m1/s1. The first-order valence-corrected chi connectivity index (χ1v) is 11.4. The summed E-state index contributed by atoms with van der Waals surface area (Å²) in [7, 11) is -3.93. The summed E-state index contributed by atoms with van der Waals surface area (Å²) in [5.41, 5.74) is 0.667. The molecule has 29 heavy (non-hydrogen) atoms. The van der Waals surface area contributed by atoms with Crippen LogP contribution in [0.4, 0.5) is 15.2 Å². The van der Waals surface area contributed by atoms with E-state index in [1.54, 1.807) is 6.92 Å². The number of carbonyl (C=O) groups is 1. The smallest absolute Gasteiger partial charge is 0.250 e. The summed E-state index contributed by atoms with van der Waals surface area (Å²) < 4.78 is 39.9. The first-order chi connectivity index (χ1) is 13.8.